The maximum Gasteiger partial charge on any atom is 0.266 e. The summed E-state index contributed by atoms with van der Waals surface area (Å²) in [5.74, 6) is -0.429. The minimum atomic E-state index is -0.429. The molecule has 0 aliphatic rings. The second-order valence-electron chi connectivity index (χ2n) is 7.08. The van der Waals surface area contributed by atoms with Crippen LogP contribution in [0.25, 0.3) is 10.9 Å². The van der Waals surface area contributed by atoms with Crippen molar-refractivity contribution in [2.75, 3.05) is 6.54 Å². The topological polar surface area (TPSA) is 70.9 Å². The highest BCUT2D eigenvalue weighted by atomic mass is 32.2. The molecule has 5 heteroatoms. The lowest BCUT2D eigenvalue weighted by Crippen LogP contribution is -2.14. The van der Waals surface area contributed by atoms with Crippen molar-refractivity contribution in [1.82, 2.24) is 10.3 Å². The number of unbranched alkanes of at least 4 members (excludes halogenated alkanes) is 4. The highest BCUT2D eigenvalue weighted by Gasteiger charge is 2.17. The summed E-state index contributed by atoms with van der Waals surface area (Å²) >= 11 is 1.57. The van der Waals surface area contributed by atoms with E-state index >= 15 is 0 Å². The predicted molar refractivity (Wildman–Crippen MR) is 118 cm³/mol. The van der Waals surface area contributed by atoms with E-state index in [1.807, 2.05) is 36.4 Å². The van der Waals surface area contributed by atoms with Gasteiger partial charge in [-0.1, -0.05) is 68.6 Å². The number of nitrogens with two attached hydrogens (primary N) is 1. The van der Waals surface area contributed by atoms with Crippen molar-refractivity contribution >= 4 is 28.6 Å². The van der Waals surface area contributed by atoms with Crippen LogP contribution in [0.2, 0.25) is 0 Å². The molecule has 1 heterocycles. The largest absolute Gasteiger partial charge is 0.364 e. The van der Waals surface area contributed by atoms with Gasteiger partial charge in [-0.3, -0.25) is 4.79 Å². The van der Waals surface area contributed by atoms with Crippen LogP contribution in [0.1, 0.15) is 55.1 Å². The third-order valence-corrected chi connectivity index (χ3v) is 5.95. The Labute approximate surface area is 171 Å². The maximum absolute atomic E-state index is 12.0. The molecular weight excluding hydrogens is 366 g/mol. The normalized spacial score (nSPS) is 11.2. The number of amides is 1. The van der Waals surface area contributed by atoms with Gasteiger partial charge in [0, 0.05) is 22.3 Å². The quantitative estimate of drug-likeness (QED) is 0.377. The number of hydrogen-bond donors (Lipinski definition) is 3. The molecule has 0 fully saturated rings. The van der Waals surface area contributed by atoms with Crippen molar-refractivity contribution in [2.45, 2.75) is 55.4 Å². The molecule has 0 unspecified atom stereocenters. The van der Waals surface area contributed by atoms with E-state index in [0.29, 0.717) is 5.69 Å². The van der Waals surface area contributed by atoms with Gasteiger partial charge in [0.25, 0.3) is 5.91 Å². The first kappa shape index (κ1) is 20.5. The van der Waals surface area contributed by atoms with Crippen LogP contribution >= 0.6 is 11.8 Å². The van der Waals surface area contributed by atoms with Crippen LogP contribution in [0.3, 0.4) is 0 Å². The third kappa shape index (κ3) is 5.40. The third-order valence-electron chi connectivity index (χ3n) is 4.81. The summed E-state index contributed by atoms with van der Waals surface area (Å²) < 4.78 is 0. The van der Waals surface area contributed by atoms with Gasteiger partial charge in [-0.2, -0.15) is 0 Å². The van der Waals surface area contributed by atoms with Crippen molar-refractivity contribution in [3.05, 3.63) is 59.8 Å². The molecule has 3 aromatic rings. The van der Waals surface area contributed by atoms with Crippen LogP contribution in [0.5, 0.6) is 0 Å². The van der Waals surface area contributed by atoms with Crippen LogP contribution in [-0.2, 0) is 6.54 Å². The zero-order valence-electron chi connectivity index (χ0n) is 16.5. The van der Waals surface area contributed by atoms with E-state index in [2.05, 4.69) is 29.4 Å². The molecular formula is C23H29N3OS. The van der Waals surface area contributed by atoms with Gasteiger partial charge in [0.05, 0.1) is 4.90 Å². The summed E-state index contributed by atoms with van der Waals surface area (Å²) in [6.07, 6.45) is 6.43. The Hall–Kier alpha value is -2.24. The highest BCUT2D eigenvalue weighted by Crippen LogP contribution is 2.37. The van der Waals surface area contributed by atoms with E-state index in [-0.39, 0.29) is 0 Å². The molecule has 3 rings (SSSR count). The number of H-pyrrole nitrogens is 1. The molecule has 4 N–H and O–H groups in total. The van der Waals surface area contributed by atoms with Crippen molar-refractivity contribution in [3.8, 4) is 0 Å². The lowest BCUT2D eigenvalue weighted by molar-refractivity contribution is 0.0993. The number of nitrogens with one attached hydrogen (secondary N) is 2. The lowest BCUT2D eigenvalue weighted by Gasteiger charge is -2.06. The van der Waals surface area contributed by atoms with E-state index in [1.54, 1.807) is 11.8 Å². The van der Waals surface area contributed by atoms with Crippen LogP contribution in [-0.4, -0.2) is 17.4 Å². The van der Waals surface area contributed by atoms with Gasteiger partial charge in [-0.25, -0.2) is 0 Å². The molecule has 4 nitrogen and oxygen atoms in total. The van der Waals surface area contributed by atoms with E-state index in [1.165, 1.54) is 37.7 Å². The molecule has 0 aliphatic carbocycles. The molecule has 0 spiro atoms. The molecule has 148 valence electrons. The van der Waals surface area contributed by atoms with Crippen molar-refractivity contribution in [3.63, 3.8) is 0 Å². The molecule has 0 saturated heterocycles. The number of carbonyl (C=O) groups excluding carboxylic acids is 1. The van der Waals surface area contributed by atoms with Gasteiger partial charge in [0.2, 0.25) is 0 Å². The Morgan fingerprint density at radius 3 is 2.61 bits per heavy atom. The fourth-order valence-corrected chi connectivity index (χ4v) is 4.36. The first-order valence-corrected chi connectivity index (χ1v) is 10.9. The Morgan fingerprint density at radius 2 is 1.86 bits per heavy atom. The standard InChI is InChI=1S/C23H29N3OS/c1-2-3-4-5-9-14-25-16-17-12-13-20-19(15-17)22(21(26-20)23(24)27)28-18-10-7-6-8-11-18/h6-8,10-13,15,25-26H,2-5,9,14,16H2,1H3,(H2,24,27). The number of primary amides is 1. The number of aromatic amines is 1. The molecule has 28 heavy (non-hydrogen) atoms. The minimum absolute atomic E-state index is 0.429. The summed E-state index contributed by atoms with van der Waals surface area (Å²) in [7, 11) is 0. The number of fused-ring (bicyclic) bond motifs is 1. The van der Waals surface area contributed by atoms with Crippen LogP contribution in [0.15, 0.2) is 58.3 Å². The smallest absolute Gasteiger partial charge is 0.266 e. The van der Waals surface area contributed by atoms with Crippen LogP contribution in [0.4, 0.5) is 0 Å². The summed E-state index contributed by atoms with van der Waals surface area (Å²) in [4.78, 5) is 17.1. The van der Waals surface area contributed by atoms with Gasteiger partial charge < -0.3 is 16.0 Å². The van der Waals surface area contributed by atoms with Gasteiger partial charge in [-0.05, 0) is 42.8 Å². The number of aromatic nitrogens is 1. The van der Waals surface area contributed by atoms with Crippen molar-refractivity contribution in [2.24, 2.45) is 5.73 Å². The molecule has 1 amide bonds. The van der Waals surface area contributed by atoms with Crippen molar-refractivity contribution < 1.29 is 4.79 Å². The zero-order valence-corrected chi connectivity index (χ0v) is 17.3. The number of benzene rings is 2. The Morgan fingerprint density at radius 1 is 1.07 bits per heavy atom. The van der Waals surface area contributed by atoms with Crippen LogP contribution in [0, 0.1) is 0 Å². The van der Waals surface area contributed by atoms with Gasteiger partial charge in [0.1, 0.15) is 5.69 Å². The number of hydrogen-bond acceptors (Lipinski definition) is 3. The summed E-state index contributed by atoms with van der Waals surface area (Å²) in [6, 6.07) is 16.4. The maximum atomic E-state index is 12.0. The summed E-state index contributed by atoms with van der Waals surface area (Å²) in [5.41, 5.74) is 8.25. The Bertz CT molecular complexity index is 905. The second kappa shape index (κ2) is 10.3. The van der Waals surface area contributed by atoms with Crippen LogP contribution < -0.4 is 11.1 Å². The first-order valence-electron chi connectivity index (χ1n) is 10.1. The fraction of sp³-hybridized carbons (Fsp3) is 0.348. The van der Waals surface area contributed by atoms with Gasteiger partial charge >= 0.3 is 0 Å². The zero-order chi connectivity index (χ0) is 19.8. The second-order valence-corrected chi connectivity index (χ2v) is 8.16. The average molecular weight is 396 g/mol. The van der Waals surface area contributed by atoms with Gasteiger partial charge in [-0.15, -0.1) is 0 Å². The summed E-state index contributed by atoms with van der Waals surface area (Å²) in [6.45, 7) is 4.10. The lowest BCUT2D eigenvalue weighted by atomic mass is 10.1. The average Bonchev–Trinajstić information content (AvgIpc) is 3.06. The fourth-order valence-electron chi connectivity index (χ4n) is 3.30. The number of carbonyl (C=O) groups is 1. The SMILES string of the molecule is CCCCCCCNCc1ccc2[nH]c(C(N)=O)c(Sc3ccccc3)c2c1. The Balaban J connectivity index is 1.72. The van der Waals surface area contributed by atoms with Gasteiger partial charge in [0.15, 0.2) is 0 Å². The Kier molecular flexibility index (Phi) is 7.57. The molecule has 2 aromatic carbocycles. The molecule has 0 atom stereocenters. The van der Waals surface area contributed by atoms with E-state index in [9.17, 15) is 4.79 Å². The number of rotatable bonds is 11. The molecule has 0 saturated carbocycles. The van der Waals surface area contributed by atoms with E-state index in [0.717, 1.165) is 33.8 Å². The van der Waals surface area contributed by atoms with Crippen molar-refractivity contribution in [1.29, 1.82) is 0 Å². The highest BCUT2D eigenvalue weighted by molar-refractivity contribution is 7.99. The first-order chi connectivity index (χ1) is 13.7. The summed E-state index contributed by atoms with van der Waals surface area (Å²) in [5, 5.41) is 4.58. The van der Waals surface area contributed by atoms with E-state index in [4.69, 9.17) is 5.73 Å². The molecule has 0 radical (unpaired) electrons. The molecule has 0 bridgehead atoms. The molecule has 1 aromatic heterocycles. The predicted octanol–water partition coefficient (Wildman–Crippen LogP) is 5.48. The minimum Gasteiger partial charge on any atom is -0.364 e. The molecule has 0 aliphatic heterocycles. The monoisotopic (exact) mass is 395 g/mol. The van der Waals surface area contributed by atoms with E-state index < -0.39 is 5.91 Å².